The van der Waals surface area contributed by atoms with E-state index in [-0.39, 0.29) is 11.3 Å². The molecule has 0 radical (unpaired) electrons. The van der Waals surface area contributed by atoms with Crippen molar-refractivity contribution in [3.05, 3.63) is 93.7 Å². The van der Waals surface area contributed by atoms with E-state index in [2.05, 4.69) is 0 Å². The van der Waals surface area contributed by atoms with Gasteiger partial charge in [0, 0.05) is 28.6 Å². The molecule has 1 fully saturated rings. The Kier molecular flexibility index (Phi) is 5.78. The van der Waals surface area contributed by atoms with Crippen LogP contribution in [0.4, 0.5) is 5.69 Å². The second-order valence-electron chi connectivity index (χ2n) is 8.27. The van der Waals surface area contributed by atoms with E-state index in [0.717, 1.165) is 21.2 Å². The van der Waals surface area contributed by atoms with Gasteiger partial charge < -0.3 is 14.6 Å². The summed E-state index contributed by atoms with van der Waals surface area (Å²) < 4.78 is 10.8. The Morgan fingerprint density at radius 2 is 1.60 bits per heavy atom. The zero-order valence-electron chi connectivity index (χ0n) is 19.4. The first-order valence-corrected chi connectivity index (χ1v) is 11.9. The number of aryl methyl sites for hydroxylation is 1. The van der Waals surface area contributed by atoms with Gasteiger partial charge in [-0.25, -0.2) is 0 Å². The SMILES string of the molecule is COc1cc(OC)cc(N2C(=O)C(=O)/C(=C(\O)c3ccc4ccccc4c3)C2c2sccc2C)c1. The lowest BCUT2D eigenvalue weighted by Crippen LogP contribution is -2.29. The molecule has 176 valence electrons. The van der Waals surface area contributed by atoms with Crippen molar-refractivity contribution in [2.75, 3.05) is 19.1 Å². The monoisotopic (exact) mass is 485 g/mol. The Balaban J connectivity index is 1.74. The third-order valence-electron chi connectivity index (χ3n) is 6.23. The van der Waals surface area contributed by atoms with Crippen molar-refractivity contribution >= 4 is 45.2 Å². The lowest BCUT2D eigenvalue weighted by molar-refractivity contribution is -0.132. The summed E-state index contributed by atoms with van der Waals surface area (Å²) in [6.07, 6.45) is 0. The van der Waals surface area contributed by atoms with Gasteiger partial charge in [0.25, 0.3) is 11.7 Å². The Morgan fingerprint density at radius 1 is 0.914 bits per heavy atom. The van der Waals surface area contributed by atoms with Crippen LogP contribution in [0.2, 0.25) is 0 Å². The number of anilines is 1. The summed E-state index contributed by atoms with van der Waals surface area (Å²) in [6.45, 7) is 1.92. The van der Waals surface area contributed by atoms with E-state index >= 15 is 0 Å². The molecule has 0 saturated carbocycles. The fraction of sp³-hybridized carbons (Fsp3) is 0.143. The highest BCUT2D eigenvalue weighted by Crippen LogP contribution is 2.46. The molecule has 1 aromatic heterocycles. The molecule has 1 amide bonds. The van der Waals surface area contributed by atoms with Crippen molar-refractivity contribution in [2.45, 2.75) is 13.0 Å². The van der Waals surface area contributed by atoms with Crippen molar-refractivity contribution in [3.8, 4) is 11.5 Å². The molecular formula is C28H23NO5S. The normalized spacial score (nSPS) is 17.2. The number of amides is 1. The molecule has 1 aliphatic heterocycles. The van der Waals surface area contributed by atoms with Crippen LogP contribution in [-0.2, 0) is 9.59 Å². The zero-order chi connectivity index (χ0) is 24.7. The smallest absolute Gasteiger partial charge is 0.300 e. The molecule has 1 aliphatic rings. The highest BCUT2D eigenvalue weighted by molar-refractivity contribution is 7.10. The molecular weight excluding hydrogens is 462 g/mol. The Bertz CT molecular complexity index is 1480. The summed E-state index contributed by atoms with van der Waals surface area (Å²) >= 11 is 1.43. The third-order valence-corrected chi connectivity index (χ3v) is 7.30. The van der Waals surface area contributed by atoms with Gasteiger partial charge in [-0.1, -0.05) is 36.4 Å². The zero-order valence-corrected chi connectivity index (χ0v) is 20.3. The lowest BCUT2D eigenvalue weighted by atomic mass is 9.97. The molecule has 1 atom stereocenters. The molecule has 35 heavy (non-hydrogen) atoms. The Labute approximate surface area is 206 Å². The van der Waals surface area contributed by atoms with E-state index in [1.54, 1.807) is 24.3 Å². The summed E-state index contributed by atoms with van der Waals surface area (Å²) in [6, 6.07) is 19.4. The first kappa shape index (κ1) is 22.7. The fourth-order valence-electron chi connectivity index (χ4n) is 4.44. The number of carbonyl (C=O) groups excluding carboxylic acids is 2. The van der Waals surface area contributed by atoms with Crippen LogP contribution >= 0.6 is 11.3 Å². The Hall–Kier alpha value is -4.10. The average Bonchev–Trinajstić information content (AvgIpc) is 3.42. The number of aliphatic hydroxyl groups is 1. The van der Waals surface area contributed by atoms with Gasteiger partial charge in [-0.3, -0.25) is 14.5 Å². The molecule has 0 bridgehead atoms. The standard InChI is InChI=1S/C28H23NO5S/c1-16-10-11-35-27(16)24-23(25(30)19-9-8-17-6-4-5-7-18(17)12-19)26(31)28(32)29(24)20-13-21(33-2)15-22(14-20)34-3/h4-15,24,30H,1-3H3/b25-23-. The minimum absolute atomic E-state index is 0.0533. The predicted octanol–water partition coefficient (Wildman–Crippen LogP) is 5.85. The molecule has 7 heteroatoms. The third kappa shape index (κ3) is 3.84. The van der Waals surface area contributed by atoms with Gasteiger partial charge in [0.2, 0.25) is 0 Å². The number of hydrogen-bond donors (Lipinski definition) is 1. The van der Waals surface area contributed by atoms with Gasteiger partial charge in [-0.05, 0) is 40.8 Å². The minimum Gasteiger partial charge on any atom is -0.507 e. The number of hydrogen-bond acceptors (Lipinski definition) is 6. The van der Waals surface area contributed by atoms with Crippen molar-refractivity contribution in [2.24, 2.45) is 0 Å². The van der Waals surface area contributed by atoms with Gasteiger partial charge in [-0.2, -0.15) is 0 Å². The number of methoxy groups -OCH3 is 2. The summed E-state index contributed by atoms with van der Waals surface area (Å²) in [5.41, 5.74) is 1.89. The quantitative estimate of drug-likeness (QED) is 0.218. The molecule has 4 aromatic rings. The van der Waals surface area contributed by atoms with E-state index in [9.17, 15) is 14.7 Å². The molecule has 0 aliphatic carbocycles. The van der Waals surface area contributed by atoms with Crippen LogP contribution in [-0.4, -0.2) is 31.0 Å². The van der Waals surface area contributed by atoms with Crippen molar-refractivity contribution in [1.29, 1.82) is 0 Å². The molecule has 0 spiro atoms. The number of ether oxygens (including phenoxy) is 2. The van der Waals surface area contributed by atoms with E-state index < -0.39 is 17.7 Å². The molecule has 1 N–H and O–H groups in total. The molecule has 6 nitrogen and oxygen atoms in total. The average molecular weight is 486 g/mol. The van der Waals surface area contributed by atoms with Crippen LogP contribution in [0.25, 0.3) is 16.5 Å². The number of benzene rings is 3. The van der Waals surface area contributed by atoms with Crippen molar-refractivity contribution in [3.63, 3.8) is 0 Å². The van der Waals surface area contributed by atoms with Crippen LogP contribution < -0.4 is 14.4 Å². The molecule has 1 saturated heterocycles. The van der Waals surface area contributed by atoms with E-state index in [0.29, 0.717) is 22.7 Å². The number of nitrogens with zero attached hydrogens (tertiary/aromatic N) is 1. The summed E-state index contributed by atoms with van der Waals surface area (Å²) in [7, 11) is 3.04. The molecule has 5 rings (SSSR count). The number of Topliss-reactive ketones (excluding diaryl/α,β-unsaturated/α-hetero) is 1. The number of thiophene rings is 1. The lowest BCUT2D eigenvalue weighted by Gasteiger charge is -2.25. The number of ketones is 1. The summed E-state index contributed by atoms with van der Waals surface area (Å²) in [5, 5.41) is 15.3. The van der Waals surface area contributed by atoms with E-state index in [4.69, 9.17) is 9.47 Å². The van der Waals surface area contributed by atoms with Gasteiger partial charge >= 0.3 is 0 Å². The summed E-state index contributed by atoms with van der Waals surface area (Å²) in [4.78, 5) is 29.1. The van der Waals surface area contributed by atoms with Gasteiger partial charge in [0.15, 0.2) is 0 Å². The first-order valence-electron chi connectivity index (χ1n) is 11.0. The number of rotatable bonds is 5. The molecule has 1 unspecified atom stereocenters. The number of aliphatic hydroxyl groups excluding tert-OH is 1. The van der Waals surface area contributed by atoms with Crippen LogP contribution in [0.1, 0.15) is 22.0 Å². The molecule has 3 aromatic carbocycles. The van der Waals surface area contributed by atoms with Crippen LogP contribution in [0.5, 0.6) is 11.5 Å². The largest absolute Gasteiger partial charge is 0.507 e. The first-order chi connectivity index (χ1) is 16.9. The van der Waals surface area contributed by atoms with Gasteiger partial charge in [-0.15, -0.1) is 11.3 Å². The fourth-order valence-corrected chi connectivity index (χ4v) is 5.46. The number of carbonyl (C=O) groups is 2. The maximum Gasteiger partial charge on any atom is 0.300 e. The van der Waals surface area contributed by atoms with Crippen LogP contribution in [0, 0.1) is 6.92 Å². The highest BCUT2D eigenvalue weighted by Gasteiger charge is 2.48. The van der Waals surface area contributed by atoms with E-state index in [1.807, 2.05) is 54.8 Å². The highest BCUT2D eigenvalue weighted by atomic mass is 32.1. The number of fused-ring (bicyclic) bond motifs is 1. The molecule has 2 heterocycles. The van der Waals surface area contributed by atoms with Crippen molar-refractivity contribution < 1.29 is 24.2 Å². The van der Waals surface area contributed by atoms with Gasteiger partial charge in [0.1, 0.15) is 23.3 Å². The maximum atomic E-state index is 13.4. The predicted molar refractivity (Wildman–Crippen MR) is 137 cm³/mol. The second-order valence-corrected chi connectivity index (χ2v) is 9.22. The summed E-state index contributed by atoms with van der Waals surface area (Å²) in [5.74, 6) is -0.699. The van der Waals surface area contributed by atoms with Crippen molar-refractivity contribution in [1.82, 2.24) is 0 Å². The topological polar surface area (TPSA) is 76.1 Å². The van der Waals surface area contributed by atoms with E-state index in [1.165, 1.54) is 30.5 Å². The maximum absolute atomic E-state index is 13.4. The van der Waals surface area contributed by atoms with Crippen LogP contribution in [0.15, 0.2) is 77.7 Å². The Morgan fingerprint density at radius 3 is 2.23 bits per heavy atom. The van der Waals surface area contributed by atoms with Gasteiger partial charge in [0.05, 0.1) is 25.5 Å². The second kappa shape index (κ2) is 8.92. The van der Waals surface area contributed by atoms with Crippen LogP contribution in [0.3, 0.4) is 0 Å². The minimum atomic E-state index is -0.793.